The van der Waals surface area contributed by atoms with Crippen LogP contribution < -0.4 is 5.73 Å². The molecule has 0 saturated carbocycles. The molecule has 1 heterocycles. The van der Waals surface area contributed by atoms with Crippen molar-refractivity contribution < 1.29 is 14.3 Å². The molecular formula is C9H12N2O3. The Labute approximate surface area is 81.8 Å². The molecule has 0 saturated heterocycles. The normalized spacial score (nSPS) is 10.5. The van der Waals surface area contributed by atoms with E-state index in [4.69, 9.17) is 15.2 Å². The van der Waals surface area contributed by atoms with Gasteiger partial charge in [-0.15, -0.1) is 0 Å². The van der Waals surface area contributed by atoms with Gasteiger partial charge in [0.25, 0.3) is 0 Å². The van der Waals surface area contributed by atoms with Gasteiger partial charge in [-0.2, -0.15) is 0 Å². The monoisotopic (exact) mass is 196 g/mol. The number of rotatable bonds is 4. The first kappa shape index (κ1) is 10.6. The topological polar surface area (TPSA) is 74.4 Å². The Hall–Kier alpha value is -1.46. The fourth-order valence-electron chi connectivity index (χ4n) is 1.03. The van der Waals surface area contributed by atoms with Crippen molar-refractivity contribution >= 4 is 5.91 Å². The average molecular weight is 196 g/mol. The van der Waals surface area contributed by atoms with Crippen LogP contribution in [0.4, 0.5) is 0 Å². The van der Waals surface area contributed by atoms with Crippen molar-refractivity contribution in [3.63, 3.8) is 0 Å². The summed E-state index contributed by atoms with van der Waals surface area (Å²) < 4.78 is 9.97. The minimum atomic E-state index is -0.517. The number of carbonyl (C=O) groups is 1. The Morgan fingerprint density at radius 1 is 1.43 bits per heavy atom. The fourth-order valence-corrected chi connectivity index (χ4v) is 1.03. The lowest BCUT2D eigenvalue weighted by molar-refractivity contribution is -0.108. The summed E-state index contributed by atoms with van der Waals surface area (Å²) in [5.74, 6) is -0.504. The van der Waals surface area contributed by atoms with E-state index in [1.807, 2.05) is 0 Å². The van der Waals surface area contributed by atoms with Gasteiger partial charge in [0.05, 0.1) is 11.3 Å². The molecule has 0 unspecified atom stereocenters. The maximum Gasteiger partial charge on any atom is 0.250 e. The summed E-state index contributed by atoms with van der Waals surface area (Å²) in [5, 5.41) is 0. The van der Waals surface area contributed by atoms with Crippen molar-refractivity contribution in [1.29, 1.82) is 0 Å². The predicted octanol–water partition coefficient (Wildman–Crippen LogP) is 0.472. The largest absolute Gasteiger partial charge is 0.366 e. The van der Waals surface area contributed by atoms with Gasteiger partial charge < -0.3 is 15.2 Å². The number of pyridine rings is 1. The summed E-state index contributed by atoms with van der Waals surface area (Å²) in [5.41, 5.74) is 6.02. The van der Waals surface area contributed by atoms with Crippen molar-refractivity contribution in [2.75, 3.05) is 14.2 Å². The zero-order valence-electron chi connectivity index (χ0n) is 8.06. The molecule has 0 aliphatic heterocycles. The van der Waals surface area contributed by atoms with Crippen LogP contribution in [0.1, 0.15) is 22.3 Å². The van der Waals surface area contributed by atoms with Gasteiger partial charge in [-0.1, -0.05) is 0 Å². The molecule has 2 N–H and O–H groups in total. The van der Waals surface area contributed by atoms with E-state index < -0.39 is 12.2 Å². The molecule has 0 aliphatic carbocycles. The zero-order chi connectivity index (χ0) is 10.6. The van der Waals surface area contributed by atoms with Crippen molar-refractivity contribution in [2.24, 2.45) is 5.73 Å². The van der Waals surface area contributed by atoms with Gasteiger partial charge in [0.1, 0.15) is 0 Å². The molecule has 1 amide bonds. The van der Waals surface area contributed by atoms with Gasteiger partial charge in [-0.3, -0.25) is 9.78 Å². The molecule has 5 heteroatoms. The van der Waals surface area contributed by atoms with E-state index in [1.54, 1.807) is 12.1 Å². The molecule has 0 atom stereocenters. The van der Waals surface area contributed by atoms with Gasteiger partial charge in [0.2, 0.25) is 12.2 Å². The highest BCUT2D eigenvalue weighted by molar-refractivity contribution is 5.92. The second-order valence-corrected chi connectivity index (χ2v) is 2.64. The number of nitrogens with zero attached hydrogens (tertiary/aromatic N) is 1. The minimum absolute atomic E-state index is 0.361. The molecular weight excluding hydrogens is 184 g/mol. The van der Waals surface area contributed by atoms with Crippen molar-refractivity contribution in [2.45, 2.75) is 6.29 Å². The summed E-state index contributed by atoms with van der Waals surface area (Å²) in [6.45, 7) is 0. The SMILES string of the molecule is COC(OC)c1ccc(C(N)=O)cn1. The first-order valence-electron chi connectivity index (χ1n) is 4.00. The van der Waals surface area contributed by atoms with Crippen molar-refractivity contribution in [3.8, 4) is 0 Å². The number of methoxy groups -OCH3 is 2. The minimum Gasteiger partial charge on any atom is -0.366 e. The molecule has 14 heavy (non-hydrogen) atoms. The first-order valence-corrected chi connectivity index (χ1v) is 4.00. The predicted molar refractivity (Wildman–Crippen MR) is 49.5 cm³/mol. The number of primary amides is 1. The van der Waals surface area contributed by atoms with Crippen molar-refractivity contribution in [1.82, 2.24) is 4.98 Å². The summed E-state index contributed by atoms with van der Waals surface area (Å²) in [4.78, 5) is 14.7. The highest BCUT2D eigenvalue weighted by atomic mass is 16.7. The Morgan fingerprint density at radius 2 is 2.07 bits per heavy atom. The summed E-state index contributed by atoms with van der Waals surface area (Å²) in [7, 11) is 3.02. The number of amides is 1. The van der Waals surface area contributed by atoms with Gasteiger partial charge >= 0.3 is 0 Å². The lowest BCUT2D eigenvalue weighted by Gasteiger charge is -2.12. The van der Waals surface area contributed by atoms with Crippen LogP contribution in [0, 0.1) is 0 Å². The highest BCUT2D eigenvalue weighted by Gasteiger charge is 2.10. The summed E-state index contributed by atoms with van der Waals surface area (Å²) >= 11 is 0. The highest BCUT2D eigenvalue weighted by Crippen LogP contribution is 2.14. The molecule has 0 bridgehead atoms. The lowest BCUT2D eigenvalue weighted by atomic mass is 10.2. The van der Waals surface area contributed by atoms with E-state index in [2.05, 4.69) is 4.98 Å². The second-order valence-electron chi connectivity index (χ2n) is 2.64. The van der Waals surface area contributed by atoms with Crippen LogP contribution in [-0.2, 0) is 9.47 Å². The van der Waals surface area contributed by atoms with Crippen LogP contribution in [0.5, 0.6) is 0 Å². The molecule has 0 spiro atoms. The molecule has 1 aromatic rings. The Balaban J connectivity index is 2.87. The third kappa shape index (κ3) is 2.27. The van der Waals surface area contributed by atoms with Crippen LogP contribution >= 0.6 is 0 Å². The molecule has 5 nitrogen and oxygen atoms in total. The smallest absolute Gasteiger partial charge is 0.250 e. The number of carbonyl (C=O) groups excluding carboxylic acids is 1. The summed E-state index contributed by atoms with van der Waals surface area (Å²) in [6.07, 6.45) is 0.875. The molecule has 0 fully saturated rings. The van der Waals surface area contributed by atoms with Crippen LogP contribution in [0.3, 0.4) is 0 Å². The third-order valence-corrected chi connectivity index (χ3v) is 1.74. The Bertz CT molecular complexity index is 306. The summed E-state index contributed by atoms with van der Waals surface area (Å²) in [6, 6.07) is 3.22. The van der Waals surface area contributed by atoms with Gasteiger partial charge in [0, 0.05) is 20.4 Å². The van der Waals surface area contributed by atoms with Gasteiger partial charge in [-0.25, -0.2) is 0 Å². The van der Waals surface area contributed by atoms with Crippen LogP contribution in [-0.4, -0.2) is 25.1 Å². The van der Waals surface area contributed by atoms with E-state index in [0.717, 1.165) is 0 Å². The second kappa shape index (κ2) is 4.69. The molecule has 1 rings (SSSR count). The number of nitrogens with two attached hydrogens (primary N) is 1. The maximum absolute atomic E-state index is 10.7. The van der Waals surface area contributed by atoms with Crippen LogP contribution in [0.2, 0.25) is 0 Å². The number of hydrogen-bond donors (Lipinski definition) is 1. The van der Waals surface area contributed by atoms with Crippen LogP contribution in [0.25, 0.3) is 0 Å². The van der Waals surface area contributed by atoms with E-state index in [9.17, 15) is 4.79 Å². The molecule has 0 aliphatic rings. The molecule has 1 aromatic heterocycles. The van der Waals surface area contributed by atoms with E-state index in [-0.39, 0.29) is 0 Å². The van der Waals surface area contributed by atoms with Crippen molar-refractivity contribution in [3.05, 3.63) is 29.6 Å². The number of hydrogen-bond acceptors (Lipinski definition) is 4. The van der Waals surface area contributed by atoms with E-state index >= 15 is 0 Å². The third-order valence-electron chi connectivity index (χ3n) is 1.74. The van der Waals surface area contributed by atoms with E-state index in [0.29, 0.717) is 11.3 Å². The lowest BCUT2D eigenvalue weighted by Crippen LogP contribution is -2.12. The van der Waals surface area contributed by atoms with Gasteiger partial charge in [-0.05, 0) is 12.1 Å². The zero-order valence-corrected chi connectivity index (χ0v) is 8.06. The standard InChI is InChI=1S/C9H12N2O3/c1-13-9(14-2)7-4-3-6(5-11-7)8(10)12/h3-5,9H,1-2H3,(H2,10,12). The first-order chi connectivity index (χ1) is 6.69. The maximum atomic E-state index is 10.7. The number of ether oxygens (including phenoxy) is 2. The Morgan fingerprint density at radius 3 is 2.43 bits per heavy atom. The number of aromatic nitrogens is 1. The quantitative estimate of drug-likeness (QED) is 0.710. The Kier molecular flexibility index (Phi) is 3.55. The van der Waals surface area contributed by atoms with Crippen LogP contribution in [0.15, 0.2) is 18.3 Å². The molecule has 0 radical (unpaired) electrons. The molecule has 76 valence electrons. The molecule has 0 aromatic carbocycles. The van der Waals surface area contributed by atoms with Gasteiger partial charge in [0.15, 0.2) is 0 Å². The van der Waals surface area contributed by atoms with E-state index in [1.165, 1.54) is 20.4 Å². The fraction of sp³-hybridized carbons (Fsp3) is 0.333. The average Bonchev–Trinajstić information content (AvgIpc) is 2.20.